The Bertz CT molecular complexity index is 430. The van der Waals surface area contributed by atoms with Gasteiger partial charge in [0.1, 0.15) is 5.75 Å². The van der Waals surface area contributed by atoms with Crippen LogP contribution in [-0.2, 0) is 4.74 Å². The SMILES string of the molecule is COCC(C)(C)NC(=O)c1ccc(OC)cc1N. The van der Waals surface area contributed by atoms with Crippen LogP contribution in [0.1, 0.15) is 24.2 Å². The minimum absolute atomic E-state index is 0.225. The van der Waals surface area contributed by atoms with Gasteiger partial charge in [0, 0.05) is 18.9 Å². The van der Waals surface area contributed by atoms with Gasteiger partial charge in [-0.15, -0.1) is 0 Å². The number of nitrogens with one attached hydrogen (secondary N) is 1. The monoisotopic (exact) mass is 252 g/mol. The molecule has 0 aliphatic carbocycles. The molecule has 0 unspecified atom stereocenters. The summed E-state index contributed by atoms with van der Waals surface area (Å²) < 4.78 is 10.1. The minimum Gasteiger partial charge on any atom is -0.497 e. The van der Waals surface area contributed by atoms with Gasteiger partial charge < -0.3 is 20.5 Å². The number of ether oxygens (including phenoxy) is 2. The largest absolute Gasteiger partial charge is 0.497 e. The fraction of sp³-hybridized carbons (Fsp3) is 0.462. The minimum atomic E-state index is -0.446. The van der Waals surface area contributed by atoms with Gasteiger partial charge in [0.25, 0.3) is 5.91 Å². The number of carbonyl (C=O) groups is 1. The van der Waals surface area contributed by atoms with Crippen molar-refractivity contribution >= 4 is 11.6 Å². The highest BCUT2D eigenvalue weighted by atomic mass is 16.5. The lowest BCUT2D eigenvalue weighted by atomic mass is 10.1. The molecule has 1 aromatic rings. The average molecular weight is 252 g/mol. The molecule has 1 aromatic carbocycles. The Morgan fingerprint density at radius 2 is 2.06 bits per heavy atom. The van der Waals surface area contributed by atoms with E-state index >= 15 is 0 Å². The predicted molar refractivity (Wildman–Crippen MR) is 70.8 cm³/mol. The Balaban J connectivity index is 2.85. The van der Waals surface area contributed by atoms with E-state index in [0.717, 1.165) is 0 Å². The van der Waals surface area contributed by atoms with Crippen molar-refractivity contribution in [3.63, 3.8) is 0 Å². The Morgan fingerprint density at radius 1 is 1.39 bits per heavy atom. The van der Waals surface area contributed by atoms with Crippen molar-refractivity contribution in [1.82, 2.24) is 5.32 Å². The highest BCUT2D eigenvalue weighted by molar-refractivity contribution is 5.99. The van der Waals surface area contributed by atoms with Crippen molar-refractivity contribution in [1.29, 1.82) is 0 Å². The van der Waals surface area contributed by atoms with Gasteiger partial charge in [0.2, 0.25) is 0 Å². The molecule has 0 saturated heterocycles. The van der Waals surface area contributed by atoms with E-state index in [1.807, 2.05) is 13.8 Å². The molecule has 18 heavy (non-hydrogen) atoms. The summed E-state index contributed by atoms with van der Waals surface area (Å²) in [4.78, 5) is 12.1. The fourth-order valence-electron chi connectivity index (χ4n) is 1.65. The summed E-state index contributed by atoms with van der Waals surface area (Å²) in [5.74, 6) is 0.400. The summed E-state index contributed by atoms with van der Waals surface area (Å²) >= 11 is 0. The van der Waals surface area contributed by atoms with Crippen molar-refractivity contribution in [3.05, 3.63) is 23.8 Å². The topological polar surface area (TPSA) is 73.6 Å². The van der Waals surface area contributed by atoms with Crippen molar-refractivity contribution in [2.45, 2.75) is 19.4 Å². The molecule has 0 heterocycles. The van der Waals surface area contributed by atoms with E-state index in [1.54, 1.807) is 32.4 Å². The second-order valence-corrected chi connectivity index (χ2v) is 4.72. The van der Waals surface area contributed by atoms with Gasteiger partial charge in [-0.25, -0.2) is 0 Å². The standard InChI is InChI=1S/C13H20N2O3/c1-13(2,8-17-3)15-12(16)10-6-5-9(18-4)7-11(10)14/h5-7H,8,14H2,1-4H3,(H,15,16). The van der Waals surface area contributed by atoms with Crippen LogP contribution < -0.4 is 15.8 Å². The molecule has 0 aromatic heterocycles. The number of amides is 1. The summed E-state index contributed by atoms with van der Waals surface area (Å²) in [6, 6.07) is 4.97. The van der Waals surface area contributed by atoms with E-state index in [1.165, 1.54) is 0 Å². The number of benzene rings is 1. The number of carbonyl (C=O) groups excluding carboxylic acids is 1. The molecule has 3 N–H and O–H groups in total. The van der Waals surface area contributed by atoms with Crippen LogP contribution in [0.3, 0.4) is 0 Å². The number of rotatable bonds is 5. The van der Waals surface area contributed by atoms with E-state index in [9.17, 15) is 4.79 Å². The highest BCUT2D eigenvalue weighted by Gasteiger charge is 2.22. The predicted octanol–water partition coefficient (Wildman–Crippen LogP) is 1.43. The molecule has 1 rings (SSSR count). The van der Waals surface area contributed by atoms with Crippen LogP contribution >= 0.6 is 0 Å². The first-order valence-corrected chi connectivity index (χ1v) is 5.64. The van der Waals surface area contributed by atoms with E-state index in [4.69, 9.17) is 15.2 Å². The molecule has 0 spiro atoms. The fourth-order valence-corrected chi connectivity index (χ4v) is 1.65. The Labute approximate surface area is 107 Å². The zero-order valence-corrected chi connectivity index (χ0v) is 11.2. The molecule has 5 nitrogen and oxygen atoms in total. The molecule has 0 fully saturated rings. The average Bonchev–Trinajstić information content (AvgIpc) is 2.27. The third-order valence-electron chi connectivity index (χ3n) is 2.46. The smallest absolute Gasteiger partial charge is 0.253 e. The van der Waals surface area contributed by atoms with E-state index in [-0.39, 0.29) is 5.91 Å². The lowest BCUT2D eigenvalue weighted by molar-refractivity contribution is 0.0821. The summed E-state index contributed by atoms with van der Waals surface area (Å²) in [5, 5.41) is 2.87. The van der Waals surface area contributed by atoms with Gasteiger partial charge >= 0.3 is 0 Å². The van der Waals surface area contributed by atoms with Gasteiger partial charge in [-0.3, -0.25) is 4.79 Å². The first kappa shape index (κ1) is 14.3. The van der Waals surface area contributed by atoms with Gasteiger partial charge in [-0.05, 0) is 26.0 Å². The zero-order valence-electron chi connectivity index (χ0n) is 11.2. The molecule has 0 saturated carbocycles. The molecular weight excluding hydrogens is 232 g/mol. The first-order chi connectivity index (χ1) is 8.39. The lowest BCUT2D eigenvalue weighted by Crippen LogP contribution is -2.46. The van der Waals surface area contributed by atoms with E-state index < -0.39 is 5.54 Å². The second kappa shape index (κ2) is 5.73. The molecule has 5 heteroatoms. The van der Waals surface area contributed by atoms with Gasteiger partial charge in [0.15, 0.2) is 0 Å². The number of anilines is 1. The van der Waals surface area contributed by atoms with Crippen LogP contribution in [-0.4, -0.2) is 32.3 Å². The van der Waals surface area contributed by atoms with Crippen molar-refractivity contribution in [2.24, 2.45) is 0 Å². The van der Waals surface area contributed by atoms with Crippen molar-refractivity contribution in [2.75, 3.05) is 26.6 Å². The summed E-state index contributed by atoms with van der Waals surface area (Å²) in [6.45, 7) is 4.19. The third kappa shape index (κ3) is 3.63. The maximum Gasteiger partial charge on any atom is 0.253 e. The second-order valence-electron chi connectivity index (χ2n) is 4.72. The maximum absolute atomic E-state index is 12.1. The van der Waals surface area contributed by atoms with Gasteiger partial charge in [-0.2, -0.15) is 0 Å². The quantitative estimate of drug-likeness (QED) is 0.777. The molecular formula is C13H20N2O3. The van der Waals surface area contributed by atoms with E-state index in [2.05, 4.69) is 5.32 Å². The number of hydrogen-bond acceptors (Lipinski definition) is 4. The third-order valence-corrected chi connectivity index (χ3v) is 2.46. The lowest BCUT2D eigenvalue weighted by Gasteiger charge is -2.25. The Hall–Kier alpha value is -1.75. The molecule has 1 amide bonds. The van der Waals surface area contributed by atoms with Crippen LogP contribution in [0.5, 0.6) is 5.75 Å². The van der Waals surface area contributed by atoms with Crippen molar-refractivity contribution < 1.29 is 14.3 Å². The van der Waals surface area contributed by atoms with Crippen LogP contribution in [0.4, 0.5) is 5.69 Å². The Kier molecular flexibility index (Phi) is 4.55. The number of nitrogens with two attached hydrogens (primary N) is 1. The molecule has 0 aliphatic rings. The zero-order chi connectivity index (χ0) is 13.8. The molecule has 0 bridgehead atoms. The Morgan fingerprint density at radius 3 is 2.56 bits per heavy atom. The number of hydrogen-bond donors (Lipinski definition) is 2. The van der Waals surface area contributed by atoms with Gasteiger partial charge in [0.05, 0.1) is 24.8 Å². The van der Waals surface area contributed by atoms with Crippen LogP contribution in [0.15, 0.2) is 18.2 Å². The summed E-state index contributed by atoms with van der Waals surface area (Å²) in [6.07, 6.45) is 0. The van der Waals surface area contributed by atoms with Crippen molar-refractivity contribution in [3.8, 4) is 5.75 Å². The van der Waals surface area contributed by atoms with Crippen LogP contribution in [0, 0.1) is 0 Å². The molecule has 100 valence electrons. The number of methoxy groups -OCH3 is 2. The van der Waals surface area contributed by atoms with Crippen LogP contribution in [0.25, 0.3) is 0 Å². The molecule has 0 aliphatic heterocycles. The highest BCUT2D eigenvalue weighted by Crippen LogP contribution is 2.20. The van der Waals surface area contributed by atoms with Crippen LogP contribution in [0.2, 0.25) is 0 Å². The normalized spacial score (nSPS) is 11.1. The molecule has 0 atom stereocenters. The summed E-state index contributed by atoms with van der Waals surface area (Å²) in [5.41, 5.74) is 6.19. The summed E-state index contributed by atoms with van der Waals surface area (Å²) in [7, 11) is 3.14. The maximum atomic E-state index is 12.1. The molecule has 0 radical (unpaired) electrons. The number of nitrogen functional groups attached to an aromatic ring is 1. The first-order valence-electron chi connectivity index (χ1n) is 5.64. The van der Waals surface area contributed by atoms with E-state index in [0.29, 0.717) is 23.6 Å². The van der Waals surface area contributed by atoms with Gasteiger partial charge in [-0.1, -0.05) is 0 Å².